The van der Waals surface area contributed by atoms with Crippen molar-refractivity contribution in [2.45, 2.75) is 26.7 Å². The maximum absolute atomic E-state index is 13.5. The predicted molar refractivity (Wildman–Crippen MR) is 78.3 cm³/mol. The van der Waals surface area contributed by atoms with Gasteiger partial charge in [-0.1, -0.05) is 13.0 Å². The number of nitrogens with zero attached hydrogens (tertiary/aromatic N) is 1. The summed E-state index contributed by atoms with van der Waals surface area (Å²) in [5.41, 5.74) is 1.03. The Morgan fingerprint density at radius 1 is 1.40 bits per heavy atom. The summed E-state index contributed by atoms with van der Waals surface area (Å²) < 4.78 is 13.5. The fourth-order valence-electron chi connectivity index (χ4n) is 2.60. The lowest BCUT2D eigenvalue weighted by Gasteiger charge is -2.32. The van der Waals surface area contributed by atoms with Crippen molar-refractivity contribution in [3.63, 3.8) is 0 Å². The minimum atomic E-state index is -0.308. The van der Waals surface area contributed by atoms with Crippen LogP contribution in [-0.4, -0.2) is 37.0 Å². The third-order valence-corrected chi connectivity index (χ3v) is 4.00. The number of carbonyl (C=O) groups excluding carboxylic acids is 1. The van der Waals surface area contributed by atoms with Crippen LogP contribution in [0.3, 0.4) is 0 Å². The zero-order valence-electron chi connectivity index (χ0n) is 12.3. The van der Waals surface area contributed by atoms with E-state index < -0.39 is 0 Å². The second-order valence-electron chi connectivity index (χ2n) is 5.51. The molecule has 20 heavy (non-hydrogen) atoms. The SMILES string of the molecule is CCNCC1CCN(C(=O)c2ccc(C)c(F)c2)CC1. The van der Waals surface area contributed by atoms with Crippen molar-refractivity contribution in [2.24, 2.45) is 5.92 Å². The summed E-state index contributed by atoms with van der Waals surface area (Å²) in [5, 5.41) is 3.35. The van der Waals surface area contributed by atoms with Crippen LogP contribution in [0.1, 0.15) is 35.7 Å². The van der Waals surface area contributed by atoms with Crippen molar-refractivity contribution >= 4 is 5.91 Å². The van der Waals surface area contributed by atoms with Crippen LogP contribution < -0.4 is 5.32 Å². The molecule has 1 aromatic carbocycles. The van der Waals surface area contributed by atoms with Crippen molar-refractivity contribution in [3.05, 3.63) is 35.1 Å². The number of piperidine rings is 1. The molecule has 1 N–H and O–H groups in total. The quantitative estimate of drug-likeness (QED) is 0.918. The Morgan fingerprint density at radius 2 is 2.10 bits per heavy atom. The number of nitrogens with one attached hydrogen (secondary N) is 1. The summed E-state index contributed by atoms with van der Waals surface area (Å²) in [6.45, 7) is 7.36. The van der Waals surface area contributed by atoms with Gasteiger partial charge in [0, 0.05) is 18.7 Å². The number of hydrogen-bond donors (Lipinski definition) is 1. The Kier molecular flexibility index (Phi) is 5.12. The molecule has 0 bridgehead atoms. The highest BCUT2D eigenvalue weighted by molar-refractivity contribution is 5.94. The first-order valence-corrected chi connectivity index (χ1v) is 7.38. The molecular weight excluding hydrogens is 255 g/mol. The van der Waals surface area contributed by atoms with E-state index in [1.807, 2.05) is 4.90 Å². The number of halogens is 1. The number of aryl methyl sites for hydroxylation is 1. The molecule has 1 aliphatic rings. The number of benzene rings is 1. The number of rotatable bonds is 4. The molecule has 1 saturated heterocycles. The molecule has 2 rings (SSSR count). The molecule has 4 heteroatoms. The normalized spacial score (nSPS) is 16.4. The molecule has 0 radical (unpaired) electrons. The Hall–Kier alpha value is -1.42. The second kappa shape index (κ2) is 6.84. The maximum atomic E-state index is 13.5. The number of amides is 1. The average molecular weight is 278 g/mol. The van der Waals surface area contributed by atoms with Crippen LogP contribution >= 0.6 is 0 Å². The largest absolute Gasteiger partial charge is 0.339 e. The number of hydrogen-bond acceptors (Lipinski definition) is 2. The highest BCUT2D eigenvalue weighted by atomic mass is 19.1. The van der Waals surface area contributed by atoms with Gasteiger partial charge in [0.15, 0.2) is 0 Å². The van der Waals surface area contributed by atoms with Gasteiger partial charge >= 0.3 is 0 Å². The van der Waals surface area contributed by atoms with Gasteiger partial charge in [0.1, 0.15) is 5.82 Å². The van der Waals surface area contributed by atoms with Crippen molar-refractivity contribution in [2.75, 3.05) is 26.2 Å². The topological polar surface area (TPSA) is 32.3 Å². The van der Waals surface area contributed by atoms with Crippen LogP contribution in [-0.2, 0) is 0 Å². The van der Waals surface area contributed by atoms with E-state index in [4.69, 9.17) is 0 Å². The van der Waals surface area contributed by atoms with Crippen LogP contribution in [0, 0.1) is 18.7 Å². The molecule has 1 amide bonds. The molecular formula is C16H23FN2O. The van der Waals surface area contributed by atoms with Crippen LogP contribution in [0.15, 0.2) is 18.2 Å². The van der Waals surface area contributed by atoms with Gasteiger partial charge in [0.25, 0.3) is 5.91 Å². The van der Waals surface area contributed by atoms with Crippen molar-refractivity contribution in [3.8, 4) is 0 Å². The first-order chi connectivity index (χ1) is 9.61. The molecule has 1 heterocycles. The molecule has 0 aromatic heterocycles. The Morgan fingerprint density at radius 3 is 2.70 bits per heavy atom. The van der Waals surface area contributed by atoms with E-state index in [1.165, 1.54) is 6.07 Å². The van der Waals surface area contributed by atoms with Gasteiger partial charge in [-0.15, -0.1) is 0 Å². The van der Waals surface area contributed by atoms with Crippen LogP contribution in [0.4, 0.5) is 4.39 Å². The molecule has 1 fully saturated rings. The van der Waals surface area contributed by atoms with E-state index in [2.05, 4.69) is 12.2 Å². The van der Waals surface area contributed by atoms with Crippen molar-refractivity contribution in [1.82, 2.24) is 10.2 Å². The highest BCUT2D eigenvalue weighted by Gasteiger charge is 2.23. The molecule has 0 atom stereocenters. The highest BCUT2D eigenvalue weighted by Crippen LogP contribution is 2.19. The Bertz CT molecular complexity index is 468. The van der Waals surface area contributed by atoms with Gasteiger partial charge < -0.3 is 10.2 Å². The van der Waals surface area contributed by atoms with E-state index in [9.17, 15) is 9.18 Å². The molecule has 0 aliphatic carbocycles. The van der Waals surface area contributed by atoms with Crippen LogP contribution in [0.25, 0.3) is 0 Å². The zero-order chi connectivity index (χ0) is 14.5. The van der Waals surface area contributed by atoms with Crippen molar-refractivity contribution < 1.29 is 9.18 Å². The molecule has 0 unspecified atom stereocenters. The molecule has 110 valence electrons. The summed E-state index contributed by atoms with van der Waals surface area (Å²) in [6.07, 6.45) is 2.04. The average Bonchev–Trinajstić information content (AvgIpc) is 2.48. The van der Waals surface area contributed by atoms with E-state index >= 15 is 0 Å². The van der Waals surface area contributed by atoms with E-state index in [0.717, 1.165) is 39.0 Å². The Labute approximate surface area is 120 Å². The number of carbonyl (C=O) groups is 1. The van der Waals surface area contributed by atoms with E-state index in [1.54, 1.807) is 19.1 Å². The molecule has 1 aliphatic heterocycles. The minimum Gasteiger partial charge on any atom is -0.339 e. The van der Waals surface area contributed by atoms with Gasteiger partial charge in [-0.3, -0.25) is 4.79 Å². The maximum Gasteiger partial charge on any atom is 0.253 e. The van der Waals surface area contributed by atoms with Gasteiger partial charge in [-0.2, -0.15) is 0 Å². The van der Waals surface area contributed by atoms with Crippen LogP contribution in [0.5, 0.6) is 0 Å². The van der Waals surface area contributed by atoms with Crippen LogP contribution in [0.2, 0.25) is 0 Å². The van der Waals surface area contributed by atoms with E-state index in [-0.39, 0.29) is 11.7 Å². The first kappa shape index (κ1) is 15.0. The lowest BCUT2D eigenvalue weighted by atomic mass is 9.96. The summed E-state index contributed by atoms with van der Waals surface area (Å²) in [4.78, 5) is 14.2. The lowest BCUT2D eigenvalue weighted by Crippen LogP contribution is -2.40. The van der Waals surface area contributed by atoms with Gasteiger partial charge in [-0.25, -0.2) is 4.39 Å². The predicted octanol–water partition coefficient (Wildman–Crippen LogP) is 2.60. The smallest absolute Gasteiger partial charge is 0.253 e. The fraction of sp³-hybridized carbons (Fsp3) is 0.562. The summed E-state index contributed by atoms with van der Waals surface area (Å²) in [6, 6.07) is 4.73. The third-order valence-electron chi connectivity index (χ3n) is 4.00. The van der Waals surface area contributed by atoms with E-state index in [0.29, 0.717) is 17.0 Å². The molecule has 0 spiro atoms. The molecule has 0 saturated carbocycles. The second-order valence-corrected chi connectivity index (χ2v) is 5.51. The zero-order valence-corrected chi connectivity index (χ0v) is 12.3. The standard InChI is InChI=1S/C16H23FN2O/c1-3-18-11-13-6-8-19(9-7-13)16(20)14-5-4-12(2)15(17)10-14/h4-5,10,13,18H,3,6-9,11H2,1-2H3. The lowest BCUT2D eigenvalue weighted by molar-refractivity contribution is 0.0690. The first-order valence-electron chi connectivity index (χ1n) is 7.38. The fourth-order valence-corrected chi connectivity index (χ4v) is 2.60. The van der Waals surface area contributed by atoms with Gasteiger partial charge in [0.2, 0.25) is 0 Å². The van der Waals surface area contributed by atoms with Gasteiger partial charge in [-0.05, 0) is 56.5 Å². The van der Waals surface area contributed by atoms with Crippen molar-refractivity contribution in [1.29, 1.82) is 0 Å². The summed E-state index contributed by atoms with van der Waals surface area (Å²) in [5.74, 6) is 0.289. The summed E-state index contributed by atoms with van der Waals surface area (Å²) in [7, 11) is 0. The molecule has 3 nitrogen and oxygen atoms in total. The molecule has 1 aromatic rings. The Balaban J connectivity index is 1.92. The third kappa shape index (κ3) is 3.57. The summed E-state index contributed by atoms with van der Waals surface area (Å²) >= 11 is 0. The van der Waals surface area contributed by atoms with Gasteiger partial charge in [0.05, 0.1) is 0 Å². The number of likely N-dealkylation sites (tertiary alicyclic amines) is 1. The minimum absolute atomic E-state index is 0.0502. The monoisotopic (exact) mass is 278 g/mol.